The van der Waals surface area contributed by atoms with E-state index in [1.165, 1.54) is 0 Å². The van der Waals surface area contributed by atoms with Crippen molar-refractivity contribution in [1.82, 2.24) is 0 Å². The van der Waals surface area contributed by atoms with Crippen LogP contribution in [-0.4, -0.2) is 157 Å². The summed E-state index contributed by atoms with van der Waals surface area (Å²) in [5.41, 5.74) is 0. The molecule has 36 heavy (non-hydrogen) atoms. The van der Waals surface area contributed by atoms with Gasteiger partial charge < -0.3 is 115 Å². The Labute approximate surface area is 314 Å². The second-order valence-corrected chi connectivity index (χ2v) is 8.05. The van der Waals surface area contributed by atoms with Gasteiger partial charge in [-0.2, -0.15) is 46.9 Å². The van der Waals surface area contributed by atoms with Gasteiger partial charge in [0.25, 0.3) is 0 Å². The van der Waals surface area contributed by atoms with Gasteiger partial charge in [0.15, 0.2) is 0 Å². The third-order valence-corrected chi connectivity index (χ3v) is 0. The zero-order valence-electron chi connectivity index (χ0n) is 15.2. The summed E-state index contributed by atoms with van der Waals surface area (Å²) in [4.78, 5) is 154. The maximum absolute atomic E-state index is 8.55. The van der Waals surface area contributed by atoms with Crippen LogP contribution in [-0.2, 0) is 27.4 Å². The Morgan fingerprint density at radius 1 is 0.194 bits per heavy atom. The van der Waals surface area contributed by atoms with E-state index in [4.69, 9.17) is 115 Å². The molecule has 0 bridgehead atoms. The Kier molecular flexibility index (Phi) is 80.9. The van der Waals surface area contributed by atoms with E-state index in [9.17, 15) is 0 Å². The average molecular weight is 1820 g/mol. The first-order valence-corrected chi connectivity index (χ1v) is 13.1. The van der Waals surface area contributed by atoms with Gasteiger partial charge in [-0.1, -0.05) is 0 Å². The smallest absolute Gasteiger partial charge is 0.822 e. The predicted molar refractivity (Wildman–Crippen MR) is 80.2 cm³/mol. The van der Waals surface area contributed by atoms with Crippen LogP contribution < -0.4 is 88.1 Å². The molecule has 36 heteroatoms. The van der Waals surface area contributed by atoms with Gasteiger partial charge >= 0.3 is 157 Å². The summed E-state index contributed by atoms with van der Waals surface area (Å²) in [6.45, 7) is 0. The summed E-state index contributed by atoms with van der Waals surface area (Å²) < 4.78 is 51.3. The van der Waals surface area contributed by atoms with Gasteiger partial charge in [0.05, 0.1) is 0 Å². The Bertz CT molecular complexity index is 477. The van der Waals surface area contributed by atoms with Crippen LogP contribution in [0, 0.1) is 0 Å². The van der Waals surface area contributed by atoms with Crippen LogP contribution in [0.1, 0.15) is 0 Å². The molecule has 0 aliphatic heterocycles. The van der Waals surface area contributed by atoms with Crippen molar-refractivity contribution in [3.8, 4) is 0 Å². The minimum Gasteiger partial charge on any atom is -0.822 e. The Hall–Kier alpha value is 5.96. The largest absolute Gasteiger partial charge is 3.00 e. The topological polar surface area (TPSA) is 518 Å². The first-order valence-electron chi connectivity index (χ1n) is 4.38. The fourth-order valence-corrected chi connectivity index (χ4v) is 0. The van der Waals surface area contributed by atoms with E-state index in [0.29, 0.717) is 0 Å². The molecular formula is Bi6O24P6. The molecule has 0 saturated carbocycles. The molecule has 0 saturated heterocycles. The molecule has 204 valence electrons. The summed E-state index contributed by atoms with van der Waals surface area (Å²) >= 11 is 0. The number of hydrogen-bond donors (Lipinski definition) is 0. The van der Waals surface area contributed by atoms with Crippen molar-refractivity contribution in [2.45, 2.75) is 0 Å². The number of phosphoric acid groups is 6. The van der Waals surface area contributed by atoms with Gasteiger partial charge in [-0.15, -0.1) is 0 Å². The monoisotopic (exact) mass is 1820 g/mol. The zero-order valence-corrected chi connectivity index (χ0v) is 41.4. The molecular weight excluding hydrogens is 1820 g/mol. The fourth-order valence-electron chi connectivity index (χ4n) is 0. The van der Waals surface area contributed by atoms with Crippen molar-refractivity contribution in [3.05, 3.63) is 0 Å². The molecule has 0 aliphatic rings. The first kappa shape index (κ1) is 78.4. The minimum atomic E-state index is -5.39. The summed E-state index contributed by atoms with van der Waals surface area (Å²) in [6.07, 6.45) is 0. The molecule has 0 aromatic carbocycles. The summed E-state index contributed by atoms with van der Waals surface area (Å²) in [6, 6.07) is 0. The molecule has 0 spiro atoms. The van der Waals surface area contributed by atoms with Crippen LogP contribution in [0.5, 0.6) is 0 Å². The van der Waals surface area contributed by atoms with E-state index >= 15 is 0 Å². The molecule has 12 radical (unpaired) electrons. The molecule has 0 aromatic heterocycles. The molecule has 0 heterocycles. The third-order valence-electron chi connectivity index (χ3n) is 0. The standard InChI is InChI=1S/6Bi.6H3O4P/c;;;;;;6*1-5(2,3)4/h;;;;;;6*(H3,1,2,3,4)/q6*+3;;;;;;/p-18. The summed E-state index contributed by atoms with van der Waals surface area (Å²) in [5, 5.41) is 0. The van der Waals surface area contributed by atoms with Crippen molar-refractivity contribution in [1.29, 1.82) is 0 Å². The molecule has 24 nitrogen and oxygen atoms in total. The van der Waals surface area contributed by atoms with Crippen LogP contribution in [0.15, 0.2) is 0 Å². The first-order chi connectivity index (χ1) is 12.0. The second-order valence-electron chi connectivity index (χ2n) is 2.68. The molecule has 0 unspecified atom stereocenters. The second kappa shape index (κ2) is 37.1. The van der Waals surface area contributed by atoms with Crippen molar-refractivity contribution in [3.63, 3.8) is 0 Å². The van der Waals surface area contributed by atoms with Crippen molar-refractivity contribution in [2.75, 3.05) is 0 Å². The molecule has 0 aliphatic carbocycles. The number of rotatable bonds is 0. The molecule has 0 fully saturated rings. The quantitative estimate of drug-likeness (QED) is 0.160. The van der Waals surface area contributed by atoms with Gasteiger partial charge in [0.1, 0.15) is 0 Å². The minimum absolute atomic E-state index is 0. The Morgan fingerprint density at radius 2 is 0.194 bits per heavy atom. The summed E-state index contributed by atoms with van der Waals surface area (Å²) in [7, 11) is -32.3. The maximum atomic E-state index is 8.55. The fraction of sp³-hybridized carbons (Fsp3) is 0. The van der Waals surface area contributed by atoms with E-state index in [0.717, 1.165) is 0 Å². The third kappa shape index (κ3) is 1710. The zero-order chi connectivity index (χ0) is 27.0. The van der Waals surface area contributed by atoms with Gasteiger partial charge in [-0.3, -0.25) is 0 Å². The van der Waals surface area contributed by atoms with Crippen molar-refractivity contribution in [2.24, 2.45) is 0 Å². The average Bonchev–Trinajstić information content (AvgIpc) is 1.94. The van der Waals surface area contributed by atoms with Crippen LogP contribution in [0.2, 0.25) is 0 Å². The predicted octanol–water partition coefficient (Wildman–Crippen LogP) is -19.2. The van der Waals surface area contributed by atoms with Crippen molar-refractivity contribution >= 4 is 204 Å². The van der Waals surface area contributed by atoms with E-state index in [2.05, 4.69) is 0 Å². The van der Waals surface area contributed by atoms with Crippen LogP contribution in [0.25, 0.3) is 0 Å². The number of hydrogen-bond acceptors (Lipinski definition) is 24. The van der Waals surface area contributed by atoms with E-state index in [-0.39, 0.29) is 157 Å². The van der Waals surface area contributed by atoms with Crippen LogP contribution >= 0.6 is 46.9 Å². The van der Waals surface area contributed by atoms with Gasteiger partial charge in [0.2, 0.25) is 0 Å². The molecule has 0 atom stereocenters. The van der Waals surface area contributed by atoms with Gasteiger partial charge in [-0.25, -0.2) is 0 Å². The van der Waals surface area contributed by atoms with Gasteiger partial charge in [0, 0.05) is 0 Å². The molecule has 0 N–H and O–H groups in total. The normalized spacial score (nSPS) is 9.83. The Balaban J connectivity index is -0.0000000186. The van der Waals surface area contributed by atoms with Crippen LogP contribution in [0.3, 0.4) is 0 Å². The molecule has 0 amide bonds. The van der Waals surface area contributed by atoms with Crippen LogP contribution in [0.4, 0.5) is 0 Å². The molecule has 0 aromatic rings. The maximum Gasteiger partial charge on any atom is 3.00 e. The Morgan fingerprint density at radius 3 is 0.194 bits per heavy atom. The molecule has 0 rings (SSSR count). The van der Waals surface area contributed by atoms with E-state index in [1.54, 1.807) is 0 Å². The van der Waals surface area contributed by atoms with Crippen molar-refractivity contribution < 1.29 is 115 Å². The van der Waals surface area contributed by atoms with Gasteiger partial charge in [-0.05, 0) is 0 Å². The summed E-state index contributed by atoms with van der Waals surface area (Å²) in [5.74, 6) is 0. The van der Waals surface area contributed by atoms with E-state index in [1.807, 2.05) is 0 Å². The van der Waals surface area contributed by atoms with E-state index < -0.39 is 46.9 Å². The SMILES string of the molecule is O=P([O-])([O-])[O-].O=P([O-])([O-])[O-].O=P([O-])([O-])[O-].O=P([O-])([O-])[O-].O=P([O-])([O-])[O-].O=P([O-])([O-])[O-].[Bi+3].[Bi+3].[Bi+3].[Bi+3].[Bi+3].[Bi+3].